The summed E-state index contributed by atoms with van der Waals surface area (Å²) in [7, 11) is -18.7. The molecule has 0 aliphatic heterocycles. The van der Waals surface area contributed by atoms with Crippen LogP contribution in [-0.4, -0.2) is 106 Å². The van der Waals surface area contributed by atoms with E-state index in [4.69, 9.17) is 9.47 Å². The average Bonchev–Trinajstić information content (AvgIpc) is 3.18. The summed E-state index contributed by atoms with van der Waals surface area (Å²) in [5.41, 5.74) is -2.90. The molecule has 6 rings (SSSR count). The van der Waals surface area contributed by atoms with Gasteiger partial charge in [-0.1, -0.05) is 23.6 Å². The van der Waals surface area contributed by atoms with Crippen LogP contribution in [0.2, 0.25) is 0 Å². The van der Waals surface area contributed by atoms with Gasteiger partial charge in [-0.15, -0.1) is 20.5 Å². The van der Waals surface area contributed by atoms with Gasteiger partial charge in [0.2, 0.25) is 11.6 Å². The molecule has 25 nitrogen and oxygen atoms in total. The van der Waals surface area contributed by atoms with E-state index in [0.29, 0.717) is 41.6 Å². The minimum Gasteiger partial charge on any atom is -0.872 e. The Morgan fingerprint density at radius 3 is 1.63 bits per heavy atom. The molecule has 3 aromatic carbocycles. The van der Waals surface area contributed by atoms with Crippen molar-refractivity contribution < 1.29 is 183 Å². The zero-order valence-corrected chi connectivity index (χ0v) is 42.4. The Morgan fingerprint density at radius 1 is 0.672 bits per heavy atom. The largest absolute Gasteiger partial charge is 1.00 e. The smallest absolute Gasteiger partial charge is 0.872 e. The van der Waals surface area contributed by atoms with Crippen LogP contribution < -0.4 is 122 Å². The molecule has 4 N–H and O–H groups in total. The molecule has 0 spiro atoms. The van der Waals surface area contributed by atoms with Crippen LogP contribution in [0.15, 0.2) is 106 Å². The van der Waals surface area contributed by atoms with Crippen LogP contribution in [-0.2, 0) is 45.2 Å². The summed E-state index contributed by atoms with van der Waals surface area (Å²) in [4.78, 5) is 22.1. The van der Waals surface area contributed by atoms with Crippen LogP contribution in [0.5, 0.6) is 17.2 Å². The topological polar surface area (TPSA) is 407 Å². The first kappa shape index (κ1) is 59.4. The molecule has 0 atom stereocenters. The molecular formula is C34H22Li2N6Na2O19S4. The second-order valence-electron chi connectivity index (χ2n) is 12.6. The predicted molar refractivity (Wildman–Crippen MR) is 210 cm³/mol. The molecule has 3 aliphatic rings. The zero-order chi connectivity index (χ0) is 46.6. The number of ketones is 2. The number of hydrogen-bond acceptors (Lipinski definition) is 23. The molecule has 0 saturated carbocycles. The first-order chi connectivity index (χ1) is 29.2. The van der Waals surface area contributed by atoms with Crippen molar-refractivity contribution in [3.63, 3.8) is 0 Å². The molecule has 0 unspecified atom stereocenters. The van der Waals surface area contributed by atoms with Gasteiger partial charge < -0.3 is 28.8 Å². The molecule has 3 aliphatic carbocycles. The number of allylic oxidation sites excluding steroid dienone is 5. The molecule has 33 heteroatoms. The molecule has 67 heavy (non-hydrogen) atoms. The van der Waals surface area contributed by atoms with Crippen LogP contribution in [0.25, 0.3) is 12.2 Å². The number of ether oxygens (including phenoxy) is 2. The Bertz CT molecular complexity index is 3320. The summed E-state index contributed by atoms with van der Waals surface area (Å²) in [6.07, 6.45) is 4.70. The number of nitrogens with zero attached hydrogens (tertiary/aromatic N) is 5. The van der Waals surface area contributed by atoms with E-state index in [1.807, 2.05) is 0 Å². The third-order valence-corrected chi connectivity index (χ3v) is 12.0. The molecule has 330 valence electrons. The Hall–Kier alpha value is -3.77. The standard InChI is InChI=1S/C34H26N6O19S4.2Li.2Na/c1-58-25-11-17(3-5-21(25)35-37-31-27(62(52,53)54)9-15-7-19(60(46,47)48)13-23(41)29(15)33(31)43)39-40(45)18-4-6-22(26(12-18)59-2)36-38-32-28(63(55,56)57)10-16-8-20(61(49,50)51)14-24(42)30(16)34(32)44;;;;/h3-14,36,41-42,45H,1-2H3,(H,46,47,48)(H,49,50,51)(H,52,53,54)(H,55,56,57);;;;/q;4*+1/p-4/b35-21-,37-31-,38-32+,39-17+;;;;. The van der Waals surface area contributed by atoms with Crippen molar-refractivity contribution in [2.45, 2.75) is 9.79 Å². The predicted octanol–water partition coefficient (Wildman–Crippen LogP) is -11.9. The number of methoxy groups -OCH3 is 2. The van der Waals surface area contributed by atoms with Gasteiger partial charge in [-0.05, 0) is 59.7 Å². The fourth-order valence-corrected chi connectivity index (χ4v) is 8.15. The van der Waals surface area contributed by atoms with Gasteiger partial charge in [0, 0.05) is 23.3 Å². The van der Waals surface area contributed by atoms with Crippen molar-refractivity contribution in [2.24, 2.45) is 20.4 Å². The van der Waals surface area contributed by atoms with Crippen molar-refractivity contribution in [3.8, 4) is 17.2 Å². The van der Waals surface area contributed by atoms with E-state index in [2.05, 4.69) is 25.8 Å². The van der Waals surface area contributed by atoms with Crippen LogP contribution in [0.4, 0.5) is 11.4 Å². The summed E-state index contributed by atoms with van der Waals surface area (Å²) < 4.78 is 148. The SMILES string of the molecule is COC1=CC(=N/N(O)c2ccc(N/N=C3/C(=O)c4c([O-])cc(S(=O)(=O)[O-])cc4C=C3S(=O)(=O)O)c(OC)c2)/C=CC/1=N/N=C1\C(=O)c2c([O-])cc(S(=O)(=O)[O-])cc2C=C1S(=O)(=O)O.[Li+].[Li+].[Na+].[Na+]. The Morgan fingerprint density at radius 2 is 1.16 bits per heavy atom. The summed E-state index contributed by atoms with van der Waals surface area (Å²) in [5.74, 6) is -5.57. The minimum absolute atomic E-state index is 0. The molecule has 0 saturated heterocycles. The van der Waals surface area contributed by atoms with Gasteiger partial charge in [-0.25, -0.2) is 16.8 Å². The summed E-state index contributed by atoms with van der Waals surface area (Å²) >= 11 is 0. The maximum absolute atomic E-state index is 13.3. The summed E-state index contributed by atoms with van der Waals surface area (Å²) in [6.45, 7) is 0. The van der Waals surface area contributed by atoms with Crippen LogP contribution in [0.1, 0.15) is 31.8 Å². The fraction of sp³-hybridized carbons (Fsp3) is 0.0588. The van der Waals surface area contributed by atoms with Crippen LogP contribution in [0.3, 0.4) is 0 Å². The molecule has 0 fully saturated rings. The maximum atomic E-state index is 13.3. The van der Waals surface area contributed by atoms with Gasteiger partial charge in [0.05, 0.1) is 41.1 Å². The molecular weight excluding hydrogens is 985 g/mol. The van der Waals surface area contributed by atoms with Crippen LogP contribution in [0, 0.1) is 0 Å². The molecule has 0 radical (unpaired) electrons. The van der Waals surface area contributed by atoms with Gasteiger partial charge >= 0.3 is 96.8 Å². The molecule has 0 bridgehead atoms. The van der Waals surface area contributed by atoms with Crippen molar-refractivity contribution in [2.75, 3.05) is 24.8 Å². The monoisotopic (exact) mass is 1010 g/mol. The van der Waals surface area contributed by atoms with E-state index in [9.17, 15) is 76.9 Å². The van der Waals surface area contributed by atoms with E-state index in [1.165, 1.54) is 30.4 Å². The minimum atomic E-state index is -5.28. The first-order valence-electron chi connectivity index (χ1n) is 16.5. The first-order valence-corrected chi connectivity index (χ1v) is 22.2. The number of nitrogens with one attached hydrogen (secondary N) is 1. The fourth-order valence-electron chi connectivity index (χ4n) is 5.79. The van der Waals surface area contributed by atoms with E-state index in [0.717, 1.165) is 20.3 Å². The van der Waals surface area contributed by atoms with Gasteiger partial charge in [0.15, 0.2) is 11.4 Å². The number of hydrazone groups is 2. The zero-order valence-electron chi connectivity index (χ0n) is 35.2. The number of rotatable bonds is 11. The van der Waals surface area contributed by atoms with Crippen molar-refractivity contribution >= 4 is 98.4 Å². The van der Waals surface area contributed by atoms with Crippen molar-refractivity contribution in [1.29, 1.82) is 0 Å². The number of anilines is 2. The number of Topliss-reactive ketones (excluding diaryl/α,β-unsaturated/α-hetero) is 2. The van der Waals surface area contributed by atoms with Gasteiger partial charge in [0.1, 0.15) is 47.3 Å². The van der Waals surface area contributed by atoms with E-state index in [-0.39, 0.29) is 131 Å². The average molecular weight is 1010 g/mol. The Labute approximate surface area is 447 Å². The van der Waals surface area contributed by atoms with E-state index >= 15 is 0 Å². The number of benzene rings is 3. The second kappa shape index (κ2) is 22.3. The van der Waals surface area contributed by atoms with Crippen molar-refractivity contribution in [1.82, 2.24) is 0 Å². The third-order valence-electron chi connectivity index (χ3n) is 8.61. The quantitative estimate of drug-likeness (QED) is 0.0600. The van der Waals surface area contributed by atoms with Gasteiger partial charge in [0.25, 0.3) is 20.2 Å². The van der Waals surface area contributed by atoms with E-state index in [1.54, 1.807) is 0 Å². The number of hydrogen-bond donors (Lipinski definition) is 4. The summed E-state index contributed by atoms with van der Waals surface area (Å²) in [6, 6.07) is 5.44. The summed E-state index contributed by atoms with van der Waals surface area (Å²) in [5, 5.41) is 51.5. The molecule has 0 aromatic heterocycles. The molecule has 3 aromatic rings. The van der Waals surface area contributed by atoms with E-state index < -0.39 is 117 Å². The van der Waals surface area contributed by atoms with Crippen LogP contribution >= 0.6 is 0 Å². The third kappa shape index (κ3) is 12.9. The van der Waals surface area contributed by atoms with Gasteiger partial charge in [-0.2, -0.15) is 21.9 Å². The Balaban J connectivity index is 0.00000385. The van der Waals surface area contributed by atoms with Crippen molar-refractivity contribution in [3.05, 3.63) is 98.5 Å². The maximum Gasteiger partial charge on any atom is 1.00 e. The second-order valence-corrected chi connectivity index (χ2v) is 18.1. The Kier molecular flexibility index (Phi) is 19.8. The normalized spacial score (nSPS) is 17.1. The number of fused-ring (bicyclic) bond motifs is 2. The molecule has 0 amide bonds. The molecule has 0 heterocycles. The van der Waals surface area contributed by atoms with Gasteiger partial charge in [-0.3, -0.25) is 29.3 Å². The number of carbonyl (C=O) groups excluding carboxylic acids is 2. The number of carbonyl (C=O) groups is 2.